The van der Waals surface area contributed by atoms with E-state index >= 15 is 0 Å². The summed E-state index contributed by atoms with van der Waals surface area (Å²) in [6.45, 7) is 2.92. The number of phenols is 1. The van der Waals surface area contributed by atoms with Crippen LogP contribution >= 0.6 is 11.3 Å². The summed E-state index contributed by atoms with van der Waals surface area (Å²) < 4.78 is 5.86. The summed E-state index contributed by atoms with van der Waals surface area (Å²) in [6.07, 6.45) is -0.939. The van der Waals surface area contributed by atoms with E-state index in [0.29, 0.717) is 41.0 Å². The van der Waals surface area contributed by atoms with E-state index in [1.807, 2.05) is 24.4 Å². The normalized spacial score (nSPS) is 13.0. The van der Waals surface area contributed by atoms with Crippen molar-refractivity contribution in [3.63, 3.8) is 0 Å². The Morgan fingerprint density at radius 1 is 0.904 bits per heavy atom. The minimum atomic E-state index is -2.24. The van der Waals surface area contributed by atoms with E-state index < -0.39 is 17.7 Å². The van der Waals surface area contributed by atoms with Gasteiger partial charge in [0.15, 0.2) is 0 Å². The SMILES string of the molecule is CCOc1cc(C(=O)NCc2ccsc2-c2cccc([C@](O)(C(=O)O)c3ccccc3)c2)ccc1CNC[C@H](O)c1ccc(O)c2[nH]c(=O)ccc12. The van der Waals surface area contributed by atoms with Crippen LogP contribution in [0, 0.1) is 0 Å². The third-order valence-corrected chi connectivity index (χ3v) is 9.78. The molecule has 2 heterocycles. The van der Waals surface area contributed by atoms with E-state index in [4.69, 9.17) is 4.74 Å². The minimum absolute atomic E-state index is 0.0848. The summed E-state index contributed by atoms with van der Waals surface area (Å²) in [5, 5.41) is 51.2. The standard InChI is InChI=1S/C40H37N3O8S/c1-2-51-34-20-25(11-12-26(34)21-41-23-33(45)30-13-15-32(44)36-31(30)14-16-35(46)43-36)38(47)42-22-27-17-18-52-37(27)24-7-6-10-29(19-24)40(50,39(48)49)28-8-4-3-5-9-28/h3-20,33,41,44-45,50H,2,21-23H2,1H3,(H,42,47)(H,43,46)(H,48,49)/t33-,40-/m0/s1. The highest BCUT2D eigenvalue weighted by atomic mass is 32.1. The van der Waals surface area contributed by atoms with Crippen LogP contribution in [-0.2, 0) is 23.5 Å². The molecule has 0 fully saturated rings. The first kappa shape index (κ1) is 36.0. The van der Waals surface area contributed by atoms with Gasteiger partial charge in [0, 0.05) is 52.7 Å². The van der Waals surface area contributed by atoms with Gasteiger partial charge < -0.3 is 40.8 Å². The largest absolute Gasteiger partial charge is 0.506 e. The predicted octanol–water partition coefficient (Wildman–Crippen LogP) is 5.43. The van der Waals surface area contributed by atoms with Gasteiger partial charge in [-0.2, -0.15) is 0 Å². The summed E-state index contributed by atoms with van der Waals surface area (Å²) in [6, 6.07) is 28.0. The van der Waals surface area contributed by atoms with Crippen LogP contribution in [0.2, 0.25) is 0 Å². The lowest BCUT2D eigenvalue weighted by Gasteiger charge is -2.25. The number of thiophene rings is 1. The maximum absolute atomic E-state index is 13.3. The molecule has 12 heteroatoms. The number of pyridine rings is 1. The summed E-state index contributed by atoms with van der Waals surface area (Å²) in [4.78, 5) is 40.9. The Labute approximate surface area is 302 Å². The lowest BCUT2D eigenvalue weighted by atomic mass is 9.85. The summed E-state index contributed by atoms with van der Waals surface area (Å²) in [5.41, 5.74) is 1.37. The number of carboxylic acid groups (broad SMARTS) is 1. The molecule has 0 aliphatic heterocycles. The van der Waals surface area contributed by atoms with Gasteiger partial charge in [0.25, 0.3) is 5.91 Å². The van der Waals surface area contributed by atoms with E-state index in [1.165, 1.54) is 23.5 Å². The average molecular weight is 720 g/mol. The third kappa shape index (κ3) is 7.46. The zero-order chi connectivity index (χ0) is 36.8. The smallest absolute Gasteiger partial charge is 0.345 e. The number of phenolic OH excluding ortho intramolecular Hbond substituents is 1. The molecule has 266 valence electrons. The Balaban J connectivity index is 1.12. The molecule has 0 aliphatic carbocycles. The fourth-order valence-electron chi connectivity index (χ4n) is 6.12. The lowest BCUT2D eigenvalue weighted by molar-refractivity contribution is -0.155. The first-order chi connectivity index (χ1) is 25.1. The molecule has 6 rings (SSSR count). The maximum atomic E-state index is 13.3. The van der Waals surface area contributed by atoms with Crippen molar-refractivity contribution in [1.29, 1.82) is 0 Å². The minimum Gasteiger partial charge on any atom is -0.506 e. The predicted molar refractivity (Wildman–Crippen MR) is 199 cm³/mol. The van der Waals surface area contributed by atoms with Crippen molar-refractivity contribution in [2.75, 3.05) is 13.2 Å². The number of carbonyl (C=O) groups is 2. The first-order valence-corrected chi connectivity index (χ1v) is 17.4. The third-order valence-electron chi connectivity index (χ3n) is 8.78. The lowest BCUT2D eigenvalue weighted by Crippen LogP contribution is -2.36. The second kappa shape index (κ2) is 15.6. The Morgan fingerprint density at radius 3 is 2.46 bits per heavy atom. The van der Waals surface area contributed by atoms with E-state index in [2.05, 4.69) is 15.6 Å². The van der Waals surface area contributed by atoms with Crippen molar-refractivity contribution < 1.29 is 34.8 Å². The molecule has 0 unspecified atom stereocenters. The highest BCUT2D eigenvalue weighted by Gasteiger charge is 2.40. The fourth-order valence-corrected chi connectivity index (χ4v) is 7.04. The number of aliphatic hydroxyl groups is 2. The Kier molecular flexibility index (Phi) is 10.8. The number of aromatic nitrogens is 1. The van der Waals surface area contributed by atoms with Gasteiger partial charge in [0.05, 0.1) is 18.2 Å². The Bertz CT molecular complexity index is 2290. The molecule has 6 aromatic rings. The van der Waals surface area contributed by atoms with Crippen molar-refractivity contribution in [2.24, 2.45) is 0 Å². The van der Waals surface area contributed by atoms with Crippen molar-refractivity contribution in [1.82, 2.24) is 15.6 Å². The van der Waals surface area contributed by atoms with Crippen LogP contribution in [0.3, 0.4) is 0 Å². The first-order valence-electron chi connectivity index (χ1n) is 16.6. The molecular weight excluding hydrogens is 683 g/mol. The zero-order valence-corrected chi connectivity index (χ0v) is 28.9. The van der Waals surface area contributed by atoms with Gasteiger partial charge in [-0.25, -0.2) is 4.79 Å². The molecule has 7 N–H and O–H groups in total. The van der Waals surface area contributed by atoms with Gasteiger partial charge in [-0.3, -0.25) is 9.59 Å². The van der Waals surface area contributed by atoms with Gasteiger partial charge in [0.2, 0.25) is 11.2 Å². The molecule has 52 heavy (non-hydrogen) atoms. The van der Waals surface area contributed by atoms with Crippen molar-refractivity contribution in [2.45, 2.75) is 31.7 Å². The number of ether oxygens (including phenoxy) is 1. The molecule has 4 aromatic carbocycles. The van der Waals surface area contributed by atoms with Crippen molar-refractivity contribution in [3.8, 4) is 21.9 Å². The summed E-state index contributed by atoms with van der Waals surface area (Å²) in [7, 11) is 0. The number of aromatic hydroxyl groups is 1. The van der Waals surface area contributed by atoms with Crippen molar-refractivity contribution >= 4 is 34.1 Å². The number of H-pyrrole nitrogens is 1. The van der Waals surface area contributed by atoms with Crippen LogP contribution < -0.4 is 20.9 Å². The van der Waals surface area contributed by atoms with Gasteiger partial charge >= 0.3 is 5.97 Å². The molecular formula is C40H37N3O8S. The number of carbonyl (C=O) groups excluding carboxylic acids is 1. The van der Waals surface area contributed by atoms with E-state index in [-0.39, 0.29) is 46.9 Å². The number of carboxylic acids is 1. The van der Waals surface area contributed by atoms with Gasteiger partial charge in [-0.1, -0.05) is 60.7 Å². The van der Waals surface area contributed by atoms with Crippen LogP contribution in [0.1, 0.15) is 51.2 Å². The van der Waals surface area contributed by atoms with Gasteiger partial charge in [0.1, 0.15) is 11.5 Å². The molecule has 11 nitrogen and oxygen atoms in total. The second-order valence-corrected chi connectivity index (χ2v) is 13.0. The summed E-state index contributed by atoms with van der Waals surface area (Å²) in [5.74, 6) is -1.27. The van der Waals surface area contributed by atoms with E-state index in [9.17, 15) is 34.8 Å². The van der Waals surface area contributed by atoms with E-state index in [1.54, 1.807) is 78.9 Å². The number of benzene rings is 4. The molecule has 1 amide bonds. The Morgan fingerprint density at radius 2 is 1.69 bits per heavy atom. The topological polar surface area (TPSA) is 181 Å². The monoisotopic (exact) mass is 719 g/mol. The highest BCUT2D eigenvalue weighted by Crippen LogP contribution is 2.36. The number of aromatic amines is 1. The Hall–Kier alpha value is -5.79. The number of nitrogens with one attached hydrogen (secondary N) is 3. The molecule has 0 saturated heterocycles. The van der Waals surface area contributed by atoms with E-state index in [0.717, 1.165) is 16.0 Å². The summed E-state index contributed by atoms with van der Waals surface area (Å²) >= 11 is 1.44. The number of aliphatic carboxylic acids is 1. The van der Waals surface area contributed by atoms with Gasteiger partial charge in [-0.05, 0) is 71.0 Å². The second-order valence-electron chi connectivity index (χ2n) is 12.1. The average Bonchev–Trinajstić information content (AvgIpc) is 3.63. The zero-order valence-electron chi connectivity index (χ0n) is 28.1. The highest BCUT2D eigenvalue weighted by molar-refractivity contribution is 7.13. The quantitative estimate of drug-likeness (QED) is 0.0772. The molecule has 0 saturated carbocycles. The molecule has 2 aromatic heterocycles. The molecule has 0 bridgehead atoms. The molecule has 0 spiro atoms. The van der Waals surface area contributed by atoms with Crippen LogP contribution in [0.5, 0.6) is 11.5 Å². The van der Waals surface area contributed by atoms with Crippen LogP contribution in [-0.4, -0.2) is 50.4 Å². The maximum Gasteiger partial charge on any atom is 0.345 e. The van der Waals surface area contributed by atoms with Crippen LogP contribution in [0.4, 0.5) is 0 Å². The van der Waals surface area contributed by atoms with Crippen molar-refractivity contribution in [3.05, 3.63) is 152 Å². The fraction of sp³-hybridized carbons (Fsp3) is 0.175. The van der Waals surface area contributed by atoms with Crippen LogP contribution in [0.15, 0.2) is 113 Å². The number of hydrogen-bond donors (Lipinski definition) is 7. The molecule has 0 radical (unpaired) electrons. The number of amides is 1. The number of aliphatic hydroxyl groups excluding tert-OH is 1. The number of hydrogen-bond acceptors (Lipinski definition) is 9. The number of rotatable bonds is 14. The van der Waals surface area contributed by atoms with Crippen LogP contribution in [0.25, 0.3) is 21.3 Å². The molecule has 2 atom stereocenters. The number of fused-ring (bicyclic) bond motifs is 1. The molecule has 0 aliphatic rings. The van der Waals surface area contributed by atoms with Gasteiger partial charge in [-0.15, -0.1) is 11.3 Å².